The molecule has 0 bridgehead atoms. The molecule has 1 fully saturated rings. The van der Waals surface area contributed by atoms with Gasteiger partial charge in [0, 0.05) is 6.04 Å². The lowest BCUT2D eigenvalue weighted by molar-refractivity contribution is 0.237. The minimum absolute atomic E-state index is 0.695. The van der Waals surface area contributed by atoms with E-state index in [0.717, 1.165) is 11.8 Å². The largest absolute Gasteiger partial charge is 0.310 e. The second-order valence-electron chi connectivity index (χ2n) is 6.84. The smallest absolute Gasteiger partial charge is 0.0307 e. The summed E-state index contributed by atoms with van der Waals surface area (Å²) >= 11 is 0. The van der Waals surface area contributed by atoms with Gasteiger partial charge in [0.25, 0.3) is 0 Å². The molecule has 0 heterocycles. The Bertz CT molecular complexity index is 281. The molecule has 2 aliphatic rings. The number of allylic oxidation sites excluding steroid dienone is 1. The van der Waals surface area contributed by atoms with Crippen molar-refractivity contribution in [1.29, 1.82) is 0 Å². The predicted octanol–water partition coefficient (Wildman–Crippen LogP) is 5.07. The highest BCUT2D eigenvalue weighted by atomic mass is 14.9. The van der Waals surface area contributed by atoms with E-state index in [1.54, 1.807) is 5.57 Å². The zero-order valence-electron chi connectivity index (χ0n) is 13.1. The van der Waals surface area contributed by atoms with Crippen LogP contribution in [0.3, 0.4) is 0 Å². The van der Waals surface area contributed by atoms with Gasteiger partial charge in [-0.2, -0.15) is 0 Å². The summed E-state index contributed by atoms with van der Waals surface area (Å²) in [4.78, 5) is 0. The van der Waals surface area contributed by atoms with Crippen molar-refractivity contribution >= 4 is 0 Å². The summed E-state index contributed by atoms with van der Waals surface area (Å²) in [6.07, 6.45) is 16.6. The average Bonchev–Trinajstić information content (AvgIpc) is 2.68. The van der Waals surface area contributed by atoms with E-state index in [9.17, 15) is 0 Å². The lowest BCUT2D eigenvalue weighted by atomic mass is 9.76. The molecular weight excluding hydrogens is 230 g/mol. The van der Waals surface area contributed by atoms with Crippen LogP contribution in [0.15, 0.2) is 11.6 Å². The maximum absolute atomic E-state index is 3.89. The first-order valence-corrected chi connectivity index (χ1v) is 8.73. The van der Waals surface area contributed by atoms with E-state index < -0.39 is 0 Å². The van der Waals surface area contributed by atoms with Crippen molar-refractivity contribution < 1.29 is 0 Å². The van der Waals surface area contributed by atoms with Crippen molar-refractivity contribution in [3.05, 3.63) is 11.6 Å². The van der Waals surface area contributed by atoms with Gasteiger partial charge in [0.1, 0.15) is 0 Å². The third kappa shape index (κ3) is 4.63. The fourth-order valence-corrected chi connectivity index (χ4v) is 4.01. The first-order valence-electron chi connectivity index (χ1n) is 8.73. The molecule has 0 aromatic rings. The summed E-state index contributed by atoms with van der Waals surface area (Å²) in [5.41, 5.74) is 1.75. The van der Waals surface area contributed by atoms with E-state index in [1.807, 2.05) is 0 Å². The molecule has 1 heteroatoms. The second-order valence-corrected chi connectivity index (χ2v) is 6.84. The fraction of sp³-hybridized carbons (Fsp3) is 0.889. The molecule has 3 unspecified atom stereocenters. The summed E-state index contributed by atoms with van der Waals surface area (Å²) in [5.74, 6) is 1.84. The van der Waals surface area contributed by atoms with Crippen molar-refractivity contribution in [2.75, 3.05) is 6.54 Å². The third-order valence-corrected chi connectivity index (χ3v) is 5.04. The number of rotatable bonds is 5. The highest BCUT2D eigenvalue weighted by Crippen LogP contribution is 2.35. The summed E-state index contributed by atoms with van der Waals surface area (Å²) in [5, 5.41) is 3.89. The Hall–Kier alpha value is -0.300. The van der Waals surface area contributed by atoms with Crippen LogP contribution < -0.4 is 5.32 Å². The quantitative estimate of drug-likeness (QED) is 0.683. The van der Waals surface area contributed by atoms with Crippen LogP contribution in [0.25, 0.3) is 0 Å². The van der Waals surface area contributed by atoms with Gasteiger partial charge < -0.3 is 5.32 Å². The zero-order valence-corrected chi connectivity index (χ0v) is 13.1. The highest BCUT2D eigenvalue weighted by Gasteiger charge is 2.28. The Morgan fingerprint density at radius 1 is 1.21 bits per heavy atom. The van der Waals surface area contributed by atoms with Crippen LogP contribution in [-0.2, 0) is 0 Å². The zero-order chi connectivity index (χ0) is 13.5. The molecule has 1 saturated carbocycles. The molecule has 0 aromatic heterocycles. The van der Waals surface area contributed by atoms with Gasteiger partial charge in [0.15, 0.2) is 0 Å². The molecule has 0 spiro atoms. The van der Waals surface area contributed by atoms with Crippen LogP contribution in [0.5, 0.6) is 0 Å². The first kappa shape index (κ1) is 15.1. The van der Waals surface area contributed by atoms with E-state index in [4.69, 9.17) is 0 Å². The van der Waals surface area contributed by atoms with Crippen LogP contribution >= 0.6 is 0 Å². The molecule has 110 valence electrons. The molecule has 0 saturated heterocycles. The summed E-state index contributed by atoms with van der Waals surface area (Å²) in [7, 11) is 0. The van der Waals surface area contributed by atoms with Gasteiger partial charge in [-0.3, -0.25) is 0 Å². The van der Waals surface area contributed by atoms with E-state index >= 15 is 0 Å². The molecule has 1 N–H and O–H groups in total. The Balaban J connectivity index is 2.02. The van der Waals surface area contributed by atoms with E-state index in [-0.39, 0.29) is 0 Å². The Kier molecular flexibility index (Phi) is 6.43. The average molecular weight is 263 g/mol. The van der Waals surface area contributed by atoms with E-state index in [0.29, 0.717) is 6.04 Å². The van der Waals surface area contributed by atoms with Gasteiger partial charge in [-0.15, -0.1) is 0 Å². The van der Waals surface area contributed by atoms with Gasteiger partial charge in [-0.25, -0.2) is 0 Å². The molecule has 19 heavy (non-hydrogen) atoms. The Labute approximate surface area is 120 Å². The normalized spacial score (nSPS) is 30.5. The van der Waals surface area contributed by atoms with Crippen LogP contribution in [-0.4, -0.2) is 12.6 Å². The monoisotopic (exact) mass is 263 g/mol. The van der Waals surface area contributed by atoms with Crippen molar-refractivity contribution in [2.24, 2.45) is 11.8 Å². The highest BCUT2D eigenvalue weighted by molar-refractivity contribution is 5.14. The van der Waals surface area contributed by atoms with Crippen LogP contribution in [0.2, 0.25) is 0 Å². The fourth-order valence-electron chi connectivity index (χ4n) is 4.01. The standard InChI is InChI=1S/C18H33N/c1-3-13-19-18(16-10-6-4-5-7-11-16)17-12-8-9-15(2)14-17/h10,15,17-19H,3-9,11-14H2,1-2H3. The van der Waals surface area contributed by atoms with Gasteiger partial charge in [-0.1, -0.05) is 44.8 Å². The molecule has 0 aromatic carbocycles. The number of hydrogen-bond acceptors (Lipinski definition) is 1. The Morgan fingerprint density at radius 2 is 2.11 bits per heavy atom. The SMILES string of the molecule is CCCNC(C1=CCCCCC1)C1CCCC(C)C1. The van der Waals surface area contributed by atoms with Gasteiger partial charge in [0.05, 0.1) is 0 Å². The first-order chi connectivity index (χ1) is 9.31. The van der Waals surface area contributed by atoms with Crippen molar-refractivity contribution in [1.82, 2.24) is 5.32 Å². The summed E-state index contributed by atoms with van der Waals surface area (Å²) < 4.78 is 0. The van der Waals surface area contributed by atoms with Crippen LogP contribution in [0.4, 0.5) is 0 Å². The minimum atomic E-state index is 0.695. The minimum Gasteiger partial charge on any atom is -0.310 e. The van der Waals surface area contributed by atoms with Crippen molar-refractivity contribution in [3.8, 4) is 0 Å². The molecule has 1 nitrogen and oxygen atoms in total. The van der Waals surface area contributed by atoms with Gasteiger partial charge in [0.2, 0.25) is 0 Å². The van der Waals surface area contributed by atoms with E-state index in [1.165, 1.54) is 70.8 Å². The number of nitrogens with one attached hydrogen (secondary N) is 1. The molecular formula is C18H33N. The molecule has 0 amide bonds. The summed E-state index contributed by atoms with van der Waals surface area (Å²) in [6.45, 7) is 5.92. The van der Waals surface area contributed by atoms with Crippen molar-refractivity contribution in [2.45, 2.75) is 84.1 Å². The maximum atomic E-state index is 3.89. The second kappa shape index (κ2) is 8.09. The molecule has 0 aliphatic heterocycles. The van der Waals surface area contributed by atoms with Crippen LogP contribution in [0.1, 0.15) is 78.1 Å². The third-order valence-electron chi connectivity index (χ3n) is 5.04. The number of hydrogen-bond donors (Lipinski definition) is 1. The van der Waals surface area contributed by atoms with E-state index in [2.05, 4.69) is 25.2 Å². The molecule has 0 radical (unpaired) electrons. The summed E-state index contributed by atoms with van der Waals surface area (Å²) in [6, 6.07) is 0.695. The van der Waals surface area contributed by atoms with Gasteiger partial charge in [-0.05, 0) is 63.3 Å². The molecule has 2 rings (SSSR count). The maximum Gasteiger partial charge on any atom is 0.0307 e. The van der Waals surface area contributed by atoms with Crippen LogP contribution in [0, 0.1) is 11.8 Å². The topological polar surface area (TPSA) is 12.0 Å². The lowest BCUT2D eigenvalue weighted by Crippen LogP contribution is -2.40. The Morgan fingerprint density at radius 3 is 2.89 bits per heavy atom. The van der Waals surface area contributed by atoms with Gasteiger partial charge >= 0.3 is 0 Å². The molecule has 2 aliphatic carbocycles. The predicted molar refractivity (Wildman–Crippen MR) is 84.4 cm³/mol. The molecule has 3 atom stereocenters. The van der Waals surface area contributed by atoms with Crippen molar-refractivity contribution in [3.63, 3.8) is 0 Å². The lowest BCUT2D eigenvalue weighted by Gasteiger charge is -2.35.